The van der Waals surface area contributed by atoms with E-state index < -0.39 is 0 Å². The third kappa shape index (κ3) is 2.39. The van der Waals surface area contributed by atoms with E-state index in [1.54, 1.807) is 18.4 Å². The minimum absolute atomic E-state index is 0.0237. The summed E-state index contributed by atoms with van der Waals surface area (Å²) < 4.78 is 7.02. The SMILES string of the molecule is COc1ccc(-n2nc(C)c3c2NC(=O)C[C@@H]3c2cccs2)cc1. The molecule has 0 spiro atoms. The van der Waals surface area contributed by atoms with E-state index in [4.69, 9.17) is 4.74 Å². The van der Waals surface area contributed by atoms with Crippen LogP contribution < -0.4 is 10.1 Å². The summed E-state index contributed by atoms with van der Waals surface area (Å²) in [5.41, 5.74) is 2.94. The van der Waals surface area contributed by atoms with Crippen LogP contribution in [0.15, 0.2) is 41.8 Å². The van der Waals surface area contributed by atoms with Gasteiger partial charge in [-0.1, -0.05) is 6.07 Å². The first kappa shape index (κ1) is 15.0. The summed E-state index contributed by atoms with van der Waals surface area (Å²) in [6.07, 6.45) is 0.461. The molecule has 2 aromatic heterocycles. The summed E-state index contributed by atoms with van der Waals surface area (Å²) in [6.45, 7) is 2.00. The number of anilines is 1. The molecule has 24 heavy (non-hydrogen) atoms. The zero-order valence-electron chi connectivity index (χ0n) is 13.4. The second-order valence-electron chi connectivity index (χ2n) is 5.78. The molecule has 0 fully saturated rings. The Bertz CT molecular complexity index is 882. The number of fused-ring (bicyclic) bond motifs is 1. The summed E-state index contributed by atoms with van der Waals surface area (Å²) in [4.78, 5) is 13.5. The Kier molecular flexibility index (Phi) is 3.61. The van der Waals surface area contributed by atoms with E-state index in [0.717, 1.165) is 28.5 Å². The molecule has 1 N–H and O–H groups in total. The highest BCUT2D eigenvalue weighted by Crippen LogP contribution is 2.41. The average molecular weight is 339 g/mol. The van der Waals surface area contributed by atoms with E-state index in [0.29, 0.717) is 6.42 Å². The molecular formula is C18H17N3O2S. The molecule has 4 rings (SSSR count). The van der Waals surface area contributed by atoms with E-state index in [-0.39, 0.29) is 11.8 Å². The quantitative estimate of drug-likeness (QED) is 0.791. The lowest BCUT2D eigenvalue weighted by Gasteiger charge is -2.23. The van der Waals surface area contributed by atoms with Gasteiger partial charge in [0, 0.05) is 22.8 Å². The van der Waals surface area contributed by atoms with Gasteiger partial charge in [-0.3, -0.25) is 4.79 Å². The van der Waals surface area contributed by atoms with Crippen LogP contribution in [0.3, 0.4) is 0 Å². The third-order valence-corrected chi connectivity index (χ3v) is 5.29. The number of methoxy groups -OCH3 is 1. The summed E-state index contributed by atoms with van der Waals surface area (Å²) in [5, 5.41) is 9.73. The van der Waals surface area contributed by atoms with E-state index in [2.05, 4.69) is 16.5 Å². The normalized spacial score (nSPS) is 16.6. The molecule has 0 bridgehead atoms. The minimum atomic E-state index is 0.0237. The van der Waals surface area contributed by atoms with Gasteiger partial charge in [0.05, 0.1) is 18.5 Å². The molecule has 3 heterocycles. The van der Waals surface area contributed by atoms with Crippen molar-refractivity contribution in [3.63, 3.8) is 0 Å². The number of nitrogens with one attached hydrogen (secondary N) is 1. The van der Waals surface area contributed by atoms with Crippen LogP contribution in [0.5, 0.6) is 5.75 Å². The van der Waals surface area contributed by atoms with Gasteiger partial charge in [0.2, 0.25) is 5.91 Å². The number of hydrogen-bond donors (Lipinski definition) is 1. The molecule has 1 atom stereocenters. The Morgan fingerprint density at radius 2 is 2.08 bits per heavy atom. The average Bonchev–Trinajstić information content (AvgIpc) is 3.23. The molecule has 0 aliphatic carbocycles. The second kappa shape index (κ2) is 5.79. The number of rotatable bonds is 3. The van der Waals surface area contributed by atoms with Crippen LogP contribution in [0.4, 0.5) is 5.82 Å². The molecule has 5 nitrogen and oxygen atoms in total. The molecule has 0 saturated carbocycles. The van der Waals surface area contributed by atoms with Crippen LogP contribution >= 0.6 is 11.3 Å². The first-order valence-electron chi connectivity index (χ1n) is 7.74. The van der Waals surface area contributed by atoms with Gasteiger partial charge in [0.1, 0.15) is 11.6 Å². The van der Waals surface area contributed by atoms with Crippen molar-refractivity contribution < 1.29 is 9.53 Å². The molecule has 0 saturated heterocycles. The highest BCUT2D eigenvalue weighted by molar-refractivity contribution is 7.10. The lowest BCUT2D eigenvalue weighted by atomic mass is 9.91. The van der Waals surface area contributed by atoms with Gasteiger partial charge in [0.25, 0.3) is 0 Å². The van der Waals surface area contributed by atoms with Crippen molar-refractivity contribution in [1.82, 2.24) is 9.78 Å². The molecule has 122 valence electrons. The zero-order chi connectivity index (χ0) is 16.7. The van der Waals surface area contributed by atoms with Crippen molar-refractivity contribution in [3.8, 4) is 11.4 Å². The molecule has 0 radical (unpaired) electrons. The van der Waals surface area contributed by atoms with Crippen LogP contribution in [0, 0.1) is 6.92 Å². The number of benzene rings is 1. The number of nitrogens with zero attached hydrogens (tertiary/aromatic N) is 2. The molecule has 1 aliphatic heterocycles. The Morgan fingerprint density at radius 3 is 2.75 bits per heavy atom. The number of hydrogen-bond acceptors (Lipinski definition) is 4. The topological polar surface area (TPSA) is 56.1 Å². The molecule has 1 aromatic carbocycles. The lowest BCUT2D eigenvalue weighted by Crippen LogP contribution is -2.24. The highest BCUT2D eigenvalue weighted by atomic mass is 32.1. The van der Waals surface area contributed by atoms with E-state index in [1.165, 1.54) is 4.88 Å². The Labute approximate surface area is 143 Å². The number of carbonyl (C=O) groups is 1. The van der Waals surface area contributed by atoms with Crippen LogP contribution in [0.2, 0.25) is 0 Å². The van der Waals surface area contributed by atoms with Gasteiger partial charge in [-0.25, -0.2) is 4.68 Å². The molecule has 6 heteroatoms. The van der Waals surface area contributed by atoms with Gasteiger partial charge >= 0.3 is 0 Å². The largest absolute Gasteiger partial charge is 0.497 e. The molecular weight excluding hydrogens is 322 g/mol. The van der Waals surface area contributed by atoms with E-state index >= 15 is 0 Å². The van der Waals surface area contributed by atoms with Gasteiger partial charge in [-0.05, 0) is 42.6 Å². The molecule has 1 amide bonds. The van der Waals surface area contributed by atoms with E-state index in [9.17, 15) is 4.79 Å². The Balaban J connectivity index is 1.84. The molecule has 1 aliphatic rings. The Hall–Kier alpha value is -2.60. The number of aromatic nitrogens is 2. The van der Waals surface area contributed by atoms with Gasteiger partial charge in [-0.2, -0.15) is 5.10 Å². The first-order chi connectivity index (χ1) is 11.7. The second-order valence-corrected chi connectivity index (χ2v) is 6.76. The summed E-state index contributed by atoms with van der Waals surface area (Å²) >= 11 is 1.68. The van der Waals surface area contributed by atoms with Crippen molar-refractivity contribution in [2.75, 3.05) is 12.4 Å². The fourth-order valence-corrected chi connectivity index (χ4v) is 4.03. The summed E-state index contributed by atoms with van der Waals surface area (Å²) in [6, 6.07) is 11.8. The Morgan fingerprint density at radius 1 is 1.29 bits per heavy atom. The predicted octanol–water partition coefficient (Wildman–Crippen LogP) is 3.72. The van der Waals surface area contributed by atoms with Crippen molar-refractivity contribution in [1.29, 1.82) is 0 Å². The third-order valence-electron chi connectivity index (χ3n) is 4.31. The van der Waals surface area contributed by atoms with Crippen molar-refractivity contribution >= 4 is 23.1 Å². The minimum Gasteiger partial charge on any atom is -0.497 e. The van der Waals surface area contributed by atoms with Gasteiger partial charge in [-0.15, -0.1) is 11.3 Å². The lowest BCUT2D eigenvalue weighted by molar-refractivity contribution is -0.116. The molecule has 3 aromatic rings. The number of carbonyl (C=O) groups excluding carboxylic acids is 1. The summed E-state index contributed by atoms with van der Waals surface area (Å²) in [7, 11) is 1.64. The van der Waals surface area contributed by atoms with E-state index in [1.807, 2.05) is 47.3 Å². The van der Waals surface area contributed by atoms with Crippen LogP contribution in [-0.2, 0) is 4.79 Å². The van der Waals surface area contributed by atoms with Crippen molar-refractivity contribution in [3.05, 3.63) is 57.9 Å². The predicted molar refractivity (Wildman–Crippen MR) is 94.3 cm³/mol. The van der Waals surface area contributed by atoms with Gasteiger partial charge in [0.15, 0.2) is 0 Å². The number of aryl methyl sites for hydroxylation is 1. The highest BCUT2D eigenvalue weighted by Gasteiger charge is 2.33. The number of thiophene rings is 1. The van der Waals surface area contributed by atoms with Crippen molar-refractivity contribution in [2.24, 2.45) is 0 Å². The number of amides is 1. The summed E-state index contributed by atoms with van der Waals surface area (Å²) in [5.74, 6) is 1.65. The maximum absolute atomic E-state index is 12.3. The maximum atomic E-state index is 12.3. The fourth-order valence-electron chi connectivity index (χ4n) is 3.19. The van der Waals surface area contributed by atoms with Gasteiger partial charge < -0.3 is 10.1 Å². The molecule has 0 unspecified atom stereocenters. The standard InChI is InChI=1S/C18H17N3O2S/c1-11-17-14(15-4-3-9-24-15)10-16(22)19-18(17)21(20-11)12-5-7-13(23-2)8-6-12/h3-9,14H,10H2,1-2H3,(H,19,22)/t14-/m1/s1. The van der Waals surface area contributed by atoms with Crippen LogP contribution in [0.25, 0.3) is 5.69 Å². The monoisotopic (exact) mass is 339 g/mol. The smallest absolute Gasteiger partial charge is 0.226 e. The zero-order valence-corrected chi connectivity index (χ0v) is 14.3. The fraction of sp³-hybridized carbons (Fsp3) is 0.222. The van der Waals surface area contributed by atoms with Crippen LogP contribution in [-0.4, -0.2) is 22.8 Å². The first-order valence-corrected chi connectivity index (χ1v) is 8.62. The van der Waals surface area contributed by atoms with Crippen LogP contribution in [0.1, 0.15) is 28.5 Å². The maximum Gasteiger partial charge on any atom is 0.226 e. The van der Waals surface area contributed by atoms with Crippen molar-refractivity contribution in [2.45, 2.75) is 19.3 Å². The number of ether oxygens (including phenoxy) is 1.